The molecule has 1 fully saturated rings. The van der Waals surface area contributed by atoms with Crippen LogP contribution in [0.25, 0.3) is 22.3 Å². The highest BCUT2D eigenvalue weighted by molar-refractivity contribution is 6.14. The van der Waals surface area contributed by atoms with Crippen LogP contribution in [0.1, 0.15) is 56.9 Å². The van der Waals surface area contributed by atoms with Crippen molar-refractivity contribution in [2.24, 2.45) is 11.3 Å². The summed E-state index contributed by atoms with van der Waals surface area (Å²) in [6.07, 6.45) is 16.1. The number of hydrogen-bond donors (Lipinski definition) is 1. The highest BCUT2D eigenvalue weighted by Gasteiger charge is 2.48. The lowest BCUT2D eigenvalue weighted by molar-refractivity contribution is -0.142. The van der Waals surface area contributed by atoms with E-state index in [0.29, 0.717) is 12.2 Å². The number of benzene rings is 1. The molecular formula is C31H30ClN5O3. The van der Waals surface area contributed by atoms with Crippen molar-refractivity contribution in [1.82, 2.24) is 24.7 Å². The molecule has 9 heteroatoms. The summed E-state index contributed by atoms with van der Waals surface area (Å²) in [7, 11) is 0. The summed E-state index contributed by atoms with van der Waals surface area (Å²) in [5.41, 5.74) is 4.64. The maximum absolute atomic E-state index is 13.0. The van der Waals surface area contributed by atoms with Crippen molar-refractivity contribution in [2.45, 2.75) is 51.5 Å². The van der Waals surface area contributed by atoms with Crippen LogP contribution in [0, 0.1) is 11.3 Å². The first-order valence-electron chi connectivity index (χ1n) is 13.4. The Morgan fingerprint density at radius 1 is 1.15 bits per heavy atom. The van der Waals surface area contributed by atoms with E-state index in [-0.39, 0.29) is 11.3 Å². The number of amides is 1. The Morgan fingerprint density at radius 2 is 1.95 bits per heavy atom. The number of rotatable bonds is 6. The average Bonchev–Trinajstić information content (AvgIpc) is 3.66. The van der Waals surface area contributed by atoms with Gasteiger partial charge in [-0.1, -0.05) is 51.1 Å². The molecule has 3 aromatic heterocycles. The fraction of sp³-hybridized carbons (Fsp3) is 0.323. The first-order valence-corrected chi connectivity index (χ1v) is 13.7. The Hall–Kier alpha value is -4.04. The topological polar surface area (TPSA) is 98.5 Å². The van der Waals surface area contributed by atoms with E-state index in [1.54, 1.807) is 0 Å². The van der Waals surface area contributed by atoms with E-state index >= 15 is 0 Å². The molecule has 0 spiro atoms. The molecule has 0 unspecified atom stereocenters. The van der Waals surface area contributed by atoms with Crippen LogP contribution < -0.4 is 5.32 Å². The van der Waals surface area contributed by atoms with Crippen LogP contribution in [0.3, 0.4) is 0 Å². The summed E-state index contributed by atoms with van der Waals surface area (Å²) >= 11 is 5.30. The molecular weight excluding hydrogens is 526 g/mol. The van der Waals surface area contributed by atoms with Gasteiger partial charge >= 0.3 is 5.97 Å². The molecule has 204 valence electrons. The second kappa shape index (κ2) is 9.86. The number of fused-ring (bicyclic) bond motifs is 2. The molecule has 0 saturated heterocycles. The Balaban J connectivity index is 1.24. The molecule has 2 atom stereocenters. The Kier molecular flexibility index (Phi) is 6.45. The number of carbonyl (C=O) groups excluding carboxylic acids is 2. The molecule has 2 aliphatic carbocycles. The zero-order valence-corrected chi connectivity index (χ0v) is 23.4. The number of nitrogens with one attached hydrogen (secondary N) is 1. The van der Waals surface area contributed by atoms with E-state index in [1.807, 2.05) is 63.7 Å². The Bertz CT molecular complexity index is 1700. The van der Waals surface area contributed by atoms with Crippen LogP contribution in [0.4, 0.5) is 0 Å². The summed E-state index contributed by atoms with van der Waals surface area (Å²) in [5.74, 6) is -0.679. The van der Waals surface area contributed by atoms with Crippen molar-refractivity contribution in [2.75, 3.05) is 0 Å². The summed E-state index contributed by atoms with van der Waals surface area (Å²) in [5, 5.41) is 3.93. The number of imidazole rings is 1. The van der Waals surface area contributed by atoms with Crippen LogP contribution in [-0.2, 0) is 19.3 Å². The van der Waals surface area contributed by atoms with Gasteiger partial charge in [0.25, 0.3) is 0 Å². The fourth-order valence-electron chi connectivity index (χ4n) is 5.52. The van der Waals surface area contributed by atoms with Crippen LogP contribution in [0.5, 0.6) is 0 Å². The molecule has 3 heterocycles. The molecule has 8 nitrogen and oxygen atoms in total. The van der Waals surface area contributed by atoms with Crippen molar-refractivity contribution < 1.29 is 13.9 Å². The largest absolute Gasteiger partial charge is 0.347 e. The third-order valence-corrected chi connectivity index (χ3v) is 8.15. The summed E-state index contributed by atoms with van der Waals surface area (Å²) in [6, 6.07) is 9.71. The molecule has 0 aliphatic heterocycles. The van der Waals surface area contributed by atoms with Crippen molar-refractivity contribution in [3.8, 4) is 0 Å². The maximum atomic E-state index is 13.0. The first kappa shape index (κ1) is 26.2. The van der Waals surface area contributed by atoms with Gasteiger partial charge in [0.05, 0.1) is 23.3 Å². The van der Waals surface area contributed by atoms with Gasteiger partial charge in [0.2, 0.25) is 11.7 Å². The highest BCUT2D eigenvalue weighted by atomic mass is 35.5. The van der Waals surface area contributed by atoms with Crippen molar-refractivity contribution >= 4 is 46.0 Å². The van der Waals surface area contributed by atoms with E-state index in [0.717, 1.165) is 40.6 Å². The lowest BCUT2D eigenvalue weighted by Gasteiger charge is -2.29. The number of nitrogens with zero attached hydrogens (tertiary/aromatic N) is 4. The molecule has 2 aliphatic rings. The van der Waals surface area contributed by atoms with Crippen LogP contribution in [0.2, 0.25) is 0 Å². The molecule has 1 N–H and O–H groups in total. The number of allylic oxidation sites excluding steroid dienone is 3. The number of carbonyl (C=O) groups is 2. The third-order valence-electron chi connectivity index (χ3n) is 7.99. The Labute approximate surface area is 237 Å². The number of aromatic nitrogens is 4. The predicted molar refractivity (Wildman–Crippen MR) is 153 cm³/mol. The van der Waals surface area contributed by atoms with Gasteiger partial charge in [-0.05, 0) is 54.0 Å². The number of hydrogen-bond acceptors (Lipinski definition) is 6. The third kappa shape index (κ3) is 4.66. The monoisotopic (exact) mass is 555 g/mol. The molecule has 40 heavy (non-hydrogen) atoms. The first-order chi connectivity index (χ1) is 19.2. The molecule has 1 amide bonds. The minimum Gasteiger partial charge on any atom is -0.345 e. The SMILES string of the molecule is CC(C)(C)[C@H](NC(=O)[C@@H]1C=CC(c2cnc3ncc(C4(c5ccc6ncccc6c5)CC4)n3c2)=CC1)C(=O)OCl. The molecule has 0 bridgehead atoms. The minimum absolute atomic E-state index is 0.0997. The zero-order chi connectivity index (χ0) is 28.1. The molecule has 0 radical (unpaired) electrons. The number of halogens is 1. The lowest BCUT2D eigenvalue weighted by Crippen LogP contribution is -2.50. The van der Waals surface area contributed by atoms with Gasteiger partial charge in [0.15, 0.2) is 0 Å². The second-order valence-corrected chi connectivity index (χ2v) is 11.9. The van der Waals surface area contributed by atoms with E-state index in [2.05, 4.69) is 59.4 Å². The fourth-order valence-corrected chi connectivity index (χ4v) is 5.61. The van der Waals surface area contributed by atoms with Gasteiger partial charge in [-0.2, -0.15) is 0 Å². The molecule has 1 saturated carbocycles. The van der Waals surface area contributed by atoms with Crippen molar-refractivity contribution in [3.63, 3.8) is 0 Å². The summed E-state index contributed by atoms with van der Waals surface area (Å²) < 4.78 is 6.48. The maximum Gasteiger partial charge on any atom is 0.347 e. The minimum atomic E-state index is -0.851. The summed E-state index contributed by atoms with van der Waals surface area (Å²) in [4.78, 5) is 38.8. The van der Waals surface area contributed by atoms with E-state index in [4.69, 9.17) is 11.9 Å². The predicted octanol–water partition coefficient (Wildman–Crippen LogP) is 5.54. The van der Waals surface area contributed by atoms with Gasteiger partial charge in [-0.15, -0.1) is 0 Å². The average molecular weight is 556 g/mol. The normalized spacial score (nSPS) is 18.8. The summed E-state index contributed by atoms with van der Waals surface area (Å²) in [6.45, 7) is 5.53. The molecule has 6 rings (SSSR count). The highest BCUT2D eigenvalue weighted by Crippen LogP contribution is 2.53. The number of pyridine rings is 1. The van der Waals surface area contributed by atoms with E-state index < -0.39 is 23.3 Å². The molecule has 4 aromatic rings. The van der Waals surface area contributed by atoms with Crippen LogP contribution in [-0.4, -0.2) is 37.3 Å². The molecule has 1 aromatic carbocycles. The van der Waals surface area contributed by atoms with Crippen LogP contribution in [0.15, 0.2) is 73.3 Å². The van der Waals surface area contributed by atoms with E-state index in [9.17, 15) is 9.59 Å². The lowest BCUT2D eigenvalue weighted by atomic mass is 9.86. The smallest absolute Gasteiger partial charge is 0.345 e. The van der Waals surface area contributed by atoms with Gasteiger partial charge < -0.3 is 9.61 Å². The van der Waals surface area contributed by atoms with Gasteiger partial charge in [-0.3, -0.25) is 14.2 Å². The van der Waals surface area contributed by atoms with Gasteiger partial charge in [-0.25, -0.2) is 14.8 Å². The van der Waals surface area contributed by atoms with E-state index in [1.165, 1.54) is 5.56 Å². The van der Waals surface area contributed by atoms with Crippen molar-refractivity contribution in [1.29, 1.82) is 0 Å². The van der Waals surface area contributed by atoms with Crippen LogP contribution >= 0.6 is 11.9 Å². The zero-order valence-electron chi connectivity index (χ0n) is 22.6. The second-order valence-electron chi connectivity index (χ2n) is 11.7. The van der Waals surface area contributed by atoms with Crippen molar-refractivity contribution in [3.05, 3.63) is 90.2 Å². The van der Waals surface area contributed by atoms with Gasteiger partial charge in [0, 0.05) is 35.0 Å². The quantitative estimate of drug-likeness (QED) is 0.335. The van der Waals surface area contributed by atoms with Gasteiger partial charge in [0.1, 0.15) is 17.9 Å². The Morgan fingerprint density at radius 3 is 2.65 bits per heavy atom. The standard InChI is InChI=1S/C31H30ClN5O3/c1-30(2,3)26(28(39)40-32)36-27(38)20-8-6-19(7-9-20)22-16-34-29-35-17-25(37(29)18-22)31(12-13-31)23-10-11-24-21(15-23)5-4-14-33-24/h4-8,10-11,14-18,20,26H,9,12-13H2,1-3H3,(H,36,38)/t20-,26-/m1/s1.